The van der Waals surface area contributed by atoms with Crippen molar-refractivity contribution in [2.24, 2.45) is 0 Å². The minimum Gasteiger partial charge on any atom is -0.338 e. The predicted molar refractivity (Wildman–Crippen MR) is 82.4 cm³/mol. The molecule has 21 heavy (non-hydrogen) atoms. The van der Waals surface area contributed by atoms with E-state index in [0.717, 1.165) is 44.2 Å². The molecule has 0 atom stereocenters. The van der Waals surface area contributed by atoms with E-state index in [2.05, 4.69) is 12.2 Å². The Labute approximate surface area is 125 Å². The van der Waals surface area contributed by atoms with E-state index in [1.165, 1.54) is 0 Å². The van der Waals surface area contributed by atoms with Gasteiger partial charge in [-0.3, -0.25) is 9.59 Å². The first-order valence-corrected chi connectivity index (χ1v) is 7.91. The highest BCUT2D eigenvalue weighted by Gasteiger charge is 2.46. The van der Waals surface area contributed by atoms with Crippen LogP contribution in [0.5, 0.6) is 0 Å². The molecule has 0 unspecified atom stereocenters. The van der Waals surface area contributed by atoms with Gasteiger partial charge in [-0.1, -0.05) is 38.3 Å². The summed E-state index contributed by atoms with van der Waals surface area (Å²) in [6.07, 6.45) is 5.54. The summed E-state index contributed by atoms with van der Waals surface area (Å²) < 4.78 is 0. The maximum atomic E-state index is 13.1. The summed E-state index contributed by atoms with van der Waals surface area (Å²) in [6.45, 7) is 2.72. The molecule has 1 N–H and O–H groups in total. The van der Waals surface area contributed by atoms with Crippen LogP contribution in [0.15, 0.2) is 24.3 Å². The molecule has 0 aromatic heterocycles. The monoisotopic (exact) mass is 286 g/mol. The zero-order chi connectivity index (χ0) is 14.9. The smallest absolute Gasteiger partial charge is 0.254 e. The first kappa shape index (κ1) is 14.1. The van der Waals surface area contributed by atoms with Gasteiger partial charge >= 0.3 is 0 Å². The summed E-state index contributed by atoms with van der Waals surface area (Å²) >= 11 is 0. The number of amides is 2. The molecule has 0 radical (unpaired) electrons. The van der Waals surface area contributed by atoms with E-state index in [4.69, 9.17) is 0 Å². The molecule has 1 aromatic rings. The second-order valence-electron chi connectivity index (χ2n) is 6.07. The number of nitrogens with zero attached hydrogens (tertiary/aromatic N) is 1. The van der Waals surface area contributed by atoms with Gasteiger partial charge in [0.1, 0.15) is 5.54 Å². The molecule has 0 saturated heterocycles. The van der Waals surface area contributed by atoms with Crippen molar-refractivity contribution >= 4 is 17.5 Å². The molecule has 1 aliphatic carbocycles. The number of carbonyl (C=O) groups is 2. The standard InChI is InChI=1S/C17H22N2O2/c1-2-12-19-14-9-5-4-8-13(14)15(20)18-17(16(19)21)10-6-3-7-11-17/h4-5,8-9H,2-3,6-7,10-12H2,1H3,(H,18,20). The van der Waals surface area contributed by atoms with Crippen LogP contribution >= 0.6 is 0 Å². The molecule has 0 bridgehead atoms. The summed E-state index contributed by atoms with van der Waals surface area (Å²) in [4.78, 5) is 27.5. The zero-order valence-electron chi connectivity index (χ0n) is 12.5. The van der Waals surface area contributed by atoms with Gasteiger partial charge < -0.3 is 10.2 Å². The Kier molecular flexibility index (Phi) is 3.70. The Hall–Kier alpha value is -1.84. The maximum absolute atomic E-state index is 13.1. The van der Waals surface area contributed by atoms with Gasteiger partial charge in [0, 0.05) is 6.54 Å². The number of fused-ring (bicyclic) bond motifs is 1. The van der Waals surface area contributed by atoms with Gasteiger partial charge in [0.2, 0.25) is 0 Å². The van der Waals surface area contributed by atoms with Crippen LogP contribution in [-0.4, -0.2) is 23.9 Å². The van der Waals surface area contributed by atoms with Crippen molar-refractivity contribution in [2.75, 3.05) is 11.4 Å². The molecular weight excluding hydrogens is 264 g/mol. The molecule has 1 saturated carbocycles. The summed E-state index contributed by atoms with van der Waals surface area (Å²) in [6, 6.07) is 7.43. The third-order valence-electron chi connectivity index (χ3n) is 4.60. The lowest BCUT2D eigenvalue weighted by Crippen LogP contribution is -2.59. The molecule has 1 spiro atoms. The first-order valence-electron chi connectivity index (χ1n) is 7.91. The second-order valence-corrected chi connectivity index (χ2v) is 6.07. The highest BCUT2D eigenvalue weighted by Crippen LogP contribution is 2.35. The van der Waals surface area contributed by atoms with Crippen molar-refractivity contribution in [3.8, 4) is 0 Å². The average molecular weight is 286 g/mol. The zero-order valence-corrected chi connectivity index (χ0v) is 12.5. The van der Waals surface area contributed by atoms with Crippen molar-refractivity contribution in [1.82, 2.24) is 5.32 Å². The molecule has 2 aliphatic rings. The highest BCUT2D eigenvalue weighted by molar-refractivity contribution is 6.12. The molecule has 1 fully saturated rings. The molecule has 1 aromatic carbocycles. The number of para-hydroxylation sites is 1. The van der Waals surface area contributed by atoms with E-state index in [-0.39, 0.29) is 11.8 Å². The Morgan fingerprint density at radius 2 is 1.86 bits per heavy atom. The van der Waals surface area contributed by atoms with Crippen molar-refractivity contribution in [3.63, 3.8) is 0 Å². The van der Waals surface area contributed by atoms with E-state index in [9.17, 15) is 9.59 Å². The molecule has 1 heterocycles. The summed E-state index contributed by atoms with van der Waals surface area (Å²) in [7, 11) is 0. The SMILES string of the molecule is CCCN1C(=O)C2(CCCCC2)NC(=O)c2ccccc21. The lowest BCUT2D eigenvalue weighted by molar-refractivity contribution is -0.125. The van der Waals surface area contributed by atoms with E-state index in [0.29, 0.717) is 12.1 Å². The largest absolute Gasteiger partial charge is 0.338 e. The van der Waals surface area contributed by atoms with Crippen LogP contribution in [0, 0.1) is 0 Å². The normalized spacial score (nSPS) is 20.9. The minimum atomic E-state index is -0.691. The summed E-state index contributed by atoms with van der Waals surface area (Å²) in [5.41, 5.74) is 0.676. The van der Waals surface area contributed by atoms with Crippen molar-refractivity contribution < 1.29 is 9.59 Å². The molecule has 4 nitrogen and oxygen atoms in total. The van der Waals surface area contributed by atoms with E-state index >= 15 is 0 Å². The third kappa shape index (κ3) is 2.33. The maximum Gasteiger partial charge on any atom is 0.254 e. The fourth-order valence-corrected chi connectivity index (χ4v) is 3.55. The van der Waals surface area contributed by atoms with Crippen LogP contribution < -0.4 is 10.2 Å². The van der Waals surface area contributed by atoms with Gasteiger partial charge in [-0.15, -0.1) is 0 Å². The van der Waals surface area contributed by atoms with Gasteiger partial charge in [-0.25, -0.2) is 0 Å². The van der Waals surface area contributed by atoms with Crippen molar-refractivity contribution in [2.45, 2.75) is 51.0 Å². The lowest BCUT2D eigenvalue weighted by Gasteiger charge is -2.38. The van der Waals surface area contributed by atoms with Gasteiger partial charge in [0.25, 0.3) is 11.8 Å². The molecule has 2 amide bonds. The van der Waals surface area contributed by atoms with Crippen LogP contribution in [-0.2, 0) is 4.79 Å². The minimum absolute atomic E-state index is 0.0716. The molecular formula is C17H22N2O2. The lowest BCUT2D eigenvalue weighted by atomic mass is 9.80. The Balaban J connectivity index is 2.08. The number of benzene rings is 1. The Morgan fingerprint density at radius 1 is 1.14 bits per heavy atom. The van der Waals surface area contributed by atoms with Crippen LogP contribution in [0.3, 0.4) is 0 Å². The Bertz CT molecular complexity index is 562. The number of nitrogens with one attached hydrogen (secondary N) is 1. The summed E-state index contributed by atoms with van der Waals surface area (Å²) in [5.74, 6) is -0.0400. The molecule has 112 valence electrons. The van der Waals surface area contributed by atoms with Gasteiger partial charge in [0.15, 0.2) is 0 Å². The highest BCUT2D eigenvalue weighted by atomic mass is 16.2. The average Bonchev–Trinajstić information content (AvgIpc) is 2.59. The number of carbonyl (C=O) groups excluding carboxylic acids is 2. The number of anilines is 1. The van der Waals surface area contributed by atoms with Gasteiger partial charge in [-0.2, -0.15) is 0 Å². The van der Waals surface area contributed by atoms with Crippen molar-refractivity contribution in [1.29, 1.82) is 0 Å². The van der Waals surface area contributed by atoms with Crippen LogP contribution in [0.25, 0.3) is 0 Å². The first-order chi connectivity index (χ1) is 10.2. The van der Waals surface area contributed by atoms with Gasteiger partial charge in [-0.05, 0) is 31.4 Å². The van der Waals surface area contributed by atoms with Crippen molar-refractivity contribution in [3.05, 3.63) is 29.8 Å². The third-order valence-corrected chi connectivity index (χ3v) is 4.60. The Morgan fingerprint density at radius 3 is 2.57 bits per heavy atom. The molecule has 4 heteroatoms. The van der Waals surface area contributed by atoms with Crippen LogP contribution in [0.1, 0.15) is 55.8 Å². The number of rotatable bonds is 2. The summed E-state index contributed by atoms with van der Waals surface area (Å²) in [5, 5.41) is 3.06. The number of hydrogen-bond donors (Lipinski definition) is 1. The van der Waals surface area contributed by atoms with Crippen LogP contribution in [0.2, 0.25) is 0 Å². The van der Waals surface area contributed by atoms with Gasteiger partial charge in [0.05, 0.1) is 11.3 Å². The molecule has 3 rings (SSSR count). The number of hydrogen-bond acceptors (Lipinski definition) is 2. The van der Waals surface area contributed by atoms with E-state index in [1.807, 2.05) is 29.2 Å². The van der Waals surface area contributed by atoms with E-state index in [1.54, 1.807) is 0 Å². The molecule has 1 aliphatic heterocycles. The van der Waals surface area contributed by atoms with E-state index < -0.39 is 5.54 Å². The fourth-order valence-electron chi connectivity index (χ4n) is 3.55. The quantitative estimate of drug-likeness (QED) is 0.909. The fraction of sp³-hybridized carbons (Fsp3) is 0.529. The van der Waals surface area contributed by atoms with Crippen LogP contribution in [0.4, 0.5) is 5.69 Å². The second kappa shape index (κ2) is 5.51. The predicted octanol–water partition coefficient (Wildman–Crippen LogP) is 2.88. The topological polar surface area (TPSA) is 49.4 Å².